The van der Waals surface area contributed by atoms with E-state index in [1.807, 2.05) is 13.1 Å². The molecular formula is C27H54N2O. The third kappa shape index (κ3) is 15.4. The number of rotatable bonds is 22. The van der Waals surface area contributed by atoms with E-state index in [4.69, 9.17) is 0 Å². The van der Waals surface area contributed by atoms with E-state index in [1.54, 1.807) is 0 Å². The molecular weight excluding hydrogens is 368 g/mol. The van der Waals surface area contributed by atoms with Gasteiger partial charge < -0.3 is 5.11 Å². The van der Waals surface area contributed by atoms with E-state index in [9.17, 15) is 5.11 Å². The minimum Gasteiger partial charge on any atom is -0.379 e. The fourth-order valence-corrected chi connectivity index (χ4v) is 4.69. The van der Waals surface area contributed by atoms with Crippen molar-refractivity contribution in [1.82, 2.24) is 4.90 Å². The molecule has 1 aliphatic heterocycles. The molecule has 0 aromatic heterocycles. The number of unbranched alkanes of at least 4 members (excludes halogenated alkanes) is 19. The van der Waals surface area contributed by atoms with Gasteiger partial charge in [0, 0.05) is 12.8 Å². The summed E-state index contributed by atoms with van der Waals surface area (Å²) in [7, 11) is 0. The Balaban J connectivity index is 1.71. The second-order valence-electron chi connectivity index (χ2n) is 9.65. The maximum absolute atomic E-state index is 9.73. The van der Waals surface area contributed by atoms with Gasteiger partial charge in [-0.2, -0.15) is 0 Å². The fraction of sp³-hybridized carbons (Fsp3) is 0.963. The Morgan fingerprint density at radius 1 is 0.700 bits per heavy atom. The summed E-state index contributed by atoms with van der Waals surface area (Å²) in [5, 5.41) is 9.73. The third-order valence-corrected chi connectivity index (χ3v) is 6.75. The van der Waals surface area contributed by atoms with Gasteiger partial charge in [0.1, 0.15) is 12.4 Å². The van der Waals surface area contributed by atoms with Crippen molar-refractivity contribution in [3.05, 3.63) is 0 Å². The molecule has 0 aliphatic carbocycles. The van der Waals surface area contributed by atoms with Crippen molar-refractivity contribution in [2.24, 2.45) is 4.99 Å². The highest BCUT2D eigenvalue weighted by Gasteiger charge is 2.23. The average Bonchev–Trinajstić information content (AvgIpc) is 3.21. The van der Waals surface area contributed by atoms with Crippen molar-refractivity contribution in [2.75, 3.05) is 6.54 Å². The Morgan fingerprint density at radius 3 is 1.43 bits per heavy atom. The van der Waals surface area contributed by atoms with E-state index in [-0.39, 0.29) is 12.4 Å². The van der Waals surface area contributed by atoms with Gasteiger partial charge in [-0.05, 0) is 19.8 Å². The zero-order valence-corrected chi connectivity index (χ0v) is 20.6. The molecule has 0 saturated carbocycles. The summed E-state index contributed by atoms with van der Waals surface area (Å²) in [6.07, 6.45) is 31.4. The highest BCUT2D eigenvalue weighted by molar-refractivity contribution is 5.62. The van der Waals surface area contributed by atoms with Crippen LogP contribution in [0.4, 0.5) is 0 Å². The highest BCUT2D eigenvalue weighted by atomic mass is 16.3. The molecule has 0 amide bonds. The number of hydrogen-bond acceptors (Lipinski definition) is 3. The van der Waals surface area contributed by atoms with Crippen molar-refractivity contribution in [2.45, 2.75) is 161 Å². The van der Waals surface area contributed by atoms with Crippen LogP contribution in [0.25, 0.3) is 0 Å². The highest BCUT2D eigenvalue weighted by Crippen LogP contribution is 2.18. The van der Waals surface area contributed by atoms with Crippen LogP contribution >= 0.6 is 0 Å². The van der Waals surface area contributed by atoms with Crippen molar-refractivity contribution in [3.63, 3.8) is 0 Å². The molecule has 2 atom stereocenters. The van der Waals surface area contributed by atoms with Crippen LogP contribution in [0.3, 0.4) is 0 Å². The first-order valence-electron chi connectivity index (χ1n) is 13.7. The molecule has 0 aromatic rings. The lowest BCUT2D eigenvalue weighted by Gasteiger charge is -2.25. The van der Waals surface area contributed by atoms with Gasteiger partial charge in [0.05, 0.1) is 0 Å². The molecule has 0 radical (unpaired) electrons. The zero-order valence-electron chi connectivity index (χ0n) is 20.6. The quantitative estimate of drug-likeness (QED) is 0.178. The second kappa shape index (κ2) is 20.5. The molecule has 1 heterocycles. The maximum Gasteiger partial charge on any atom is 0.106 e. The fourth-order valence-electron chi connectivity index (χ4n) is 4.69. The standard InChI is InChI=1S/C27H54N2O/c1-3-4-5-6-7-8-9-10-11-12-13-14-15-16-17-18-19-20-21-22-23-27-28-24-25-29(27)26(2)30/h24,26-27,30H,3-23,25H2,1-2H3. The monoisotopic (exact) mass is 422 g/mol. The van der Waals surface area contributed by atoms with Gasteiger partial charge >= 0.3 is 0 Å². The van der Waals surface area contributed by atoms with Gasteiger partial charge in [-0.25, -0.2) is 0 Å². The van der Waals surface area contributed by atoms with Crippen molar-refractivity contribution >= 4 is 6.21 Å². The summed E-state index contributed by atoms with van der Waals surface area (Å²) in [4.78, 5) is 6.58. The van der Waals surface area contributed by atoms with Gasteiger partial charge in [-0.15, -0.1) is 0 Å². The Kier molecular flexibility index (Phi) is 18.9. The second-order valence-corrected chi connectivity index (χ2v) is 9.65. The number of aliphatic hydroxyl groups excluding tert-OH is 1. The molecule has 1 N–H and O–H groups in total. The predicted molar refractivity (Wildman–Crippen MR) is 133 cm³/mol. The molecule has 30 heavy (non-hydrogen) atoms. The summed E-state index contributed by atoms with van der Waals surface area (Å²) in [6, 6.07) is 0. The van der Waals surface area contributed by atoms with Crippen LogP contribution in [-0.4, -0.2) is 35.2 Å². The molecule has 178 valence electrons. The zero-order chi connectivity index (χ0) is 21.7. The number of aliphatic hydroxyl groups is 1. The van der Waals surface area contributed by atoms with Crippen LogP contribution < -0.4 is 0 Å². The smallest absolute Gasteiger partial charge is 0.106 e. The molecule has 1 rings (SSSR count). The first-order valence-corrected chi connectivity index (χ1v) is 13.7. The van der Waals surface area contributed by atoms with E-state index in [1.165, 1.54) is 128 Å². The van der Waals surface area contributed by atoms with Gasteiger partial charge in [-0.1, -0.05) is 129 Å². The Labute approximate surface area is 189 Å². The summed E-state index contributed by atoms with van der Waals surface area (Å²) in [5.74, 6) is 0. The lowest BCUT2D eigenvalue weighted by molar-refractivity contribution is 0.00710. The van der Waals surface area contributed by atoms with Crippen LogP contribution in [-0.2, 0) is 0 Å². The Hall–Kier alpha value is -0.410. The Morgan fingerprint density at radius 2 is 1.07 bits per heavy atom. The largest absolute Gasteiger partial charge is 0.379 e. The normalized spacial score (nSPS) is 17.8. The SMILES string of the molecule is CCCCCCCCCCCCCCCCCCCCCCC1N=CCN1C(C)O. The molecule has 3 nitrogen and oxygen atoms in total. The van der Waals surface area contributed by atoms with Crippen LogP contribution in [0, 0.1) is 0 Å². The van der Waals surface area contributed by atoms with Gasteiger partial charge in [-0.3, -0.25) is 9.89 Å². The van der Waals surface area contributed by atoms with Gasteiger partial charge in [0.2, 0.25) is 0 Å². The van der Waals surface area contributed by atoms with E-state index in [2.05, 4.69) is 16.8 Å². The van der Waals surface area contributed by atoms with Crippen molar-refractivity contribution in [1.29, 1.82) is 0 Å². The lowest BCUT2D eigenvalue weighted by Crippen LogP contribution is -2.37. The molecule has 0 bridgehead atoms. The minimum atomic E-state index is -0.373. The van der Waals surface area contributed by atoms with E-state index < -0.39 is 0 Å². The first-order chi connectivity index (χ1) is 14.8. The van der Waals surface area contributed by atoms with Crippen molar-refractivity contribution in [3.8, 4) is 0 Å². The Bertz CT molecular complexity index is 383. The minimum absolute atomic E-state index is 0.223. The summed E-state index contributed by atoms with van der Waals surface area (Å²) in [5.41, 5.74) is 0. The van der Waals surface area contributed by atoms with Crippen molar-refractivity contribution < 1.29 is 5.11 Å². The van der Waals surface area contributed by atoms with E-state index in [0.29, 0.717) is 0 Å². The number of nitrogens with zero attached hydrogens (tertiary/aromatic N) is 2. The molecule has 2 unspecified atom stereocenters. The number of hydrogen-bond donors (Lipinski definition) is 1. The summed E-state index contributed by atoms with van der Waals surface area (Å²) in [6.45, 7) is 4.95. The average molecular weight is 423 g/mol. The lowest BCUT2D eigenvalue weighted by atomic mass is 10.0. The van der Waals surface area contributed by atoms with E-state index in [0.717, 1.165) is 13.0 Å². The summed E-state index contributed by atoms with van der Waals surface area (Å²) >= 11 is 0. The van der Waals surface area contributed by atoms with E-state index >= 15 is 0 Å². The van der Waals surface area contributed by atoms with Gasteiger partial charge in [0.25, 0.3) is 0 Å². The molecule has 1 aliphatic rings. The maximum atomic E-state index is 9.73. The van der Waals surface area contributed by atoms with Crippen LogP contribution in [0.2, 0.25) is 0 Å². The van der Waals surface area contributed by atoms with Crippen LogP contribution in [0.5, 0.6) is 0 Å². The predicted octanol–water partition coefficient (Wildman–Crippen LogP) is 8.25. The molecule has 0 fully saturated rings. The molecule has 3 heteroatoms. The first kappa shape index (κ1) is 27.6. The molecule has 0 saturated heterocycles. The summed E-state index contributed by atoms with van der Waals surface area (Å²) < 4.78 is 0. The topological polar surface area (TPSA) is 35.8 Å². The molecule has 0 spiro atoms. The van der Waals surface area contributed by atoms with Gasteiger partial charge in [0.15, 0.2) is 0 Å². The van der Waals surface area contributed by atoms with Crippen LogP contribution in [0.15, 0.2) is 4.99 Å². The third-order valence-electron chi connectivity index (χ3n) is 6.75. The molecule has 0 aromatic carbocycles. The van der Waals surface area contributed by atoms with Crippen LogP contribution in [0.1, 0.15) is 149 Å². The number of aliphatic imine (C=N–C) groups is 1.